The topological polar surface area (TPSA) is 127 Å². The molecule has 76 heavy (non-hydrogen) atoms. The third-order valence-electron chi connectivity index (χ3n) is 15.0. The molecule has 433 valence electrons. The number of hydrogen-bond acceptors (Lipinski definition) is 10. The molecular weight excluding hydrogens is 1110 g/mol. The summed E-state index contributed by atoms with van der Waals surface area (Å²) in [5.41, 5.74) is 3.10. The van der Waals surface area contributed by atoms with E-state index in [0.717, 1.165) is 35.3 Å². The van der Waals surface area contributed by atoms with Gasteiger partial charge in [0.15, 0.2) is 33.3 Å². The molecule has 0 saturated carbocycles. The van der Waals surface area contributed by atoms with Crippen molar-refractivity contribution in [2.24, 2.45) is 0 Å². The number of hydrogen-bond donors (Lipinski definition) is 1. The van der Waals surface area contributed by atoms with Gasteiger partial charge in [-0.15, -0.1) is 42.3 Å². The summed E-state index contributed by atoms with van der Waals surface area (Å²) >= 11 is 8.09. The second-order valence-corrected chi connectivity index (χ2v) is 44.9. The molecule has 0 aliphatic carbocycles. The predicted octanol–water partition coefficient (Wildman–Crippen LogP) is 16.6. The van der Waals surface area contributed by atoms with Crippen LogP contribution in [-0.4, -0.2) is 89.1 Å². The summed E-state index contributed by atoms with van der Waals surface area (Å²) in [6, 6.07) is 11.2. The zero-order valence-electron chi connectivity index (χ0n) is 50.9. The molecule has 2 rings (SSSR count). The number of rotatable bonds is 22. The van der Waals surface area contributed by atoms with E-state index >= 15 is 0 Å². The van der Waals surface area contributed by atoms with Gasteiger partial charge in [0, 0.05) is 29.5 Å². The molecule has 1 N–H and O–H groups in total. The normalized spacial score (nSPS) is 13.4. The van der Waals surface area contributed by atoms with Gasteiger partial charge < -0.3 is 32.3 Å². The fraction of sp³-hybridized carbons (Fsp3) is 0.644. The molecule has 0 aliphatic heterocycles. The molecule has 0 aromatic heterocycles. The average Bonchev–Trinajstić information content (AvgIpc) is 3.29. The SMILES string of the molecule is C=CCc1c(OC)cccc1C(=O)C#CCC[C@H](CO[Si](C)(C)C(C)(C)C)O[Si](C)(C)C(C)(C)C.C=CCc1c(OC)cccc1C(O)C#CCC[C@H](CO[Si](C)(C)C(C)(C)C)O[Si](C)(C)C(C)(C)C.ClCCl.[O]=[Mn]=[O]. The Kier molecular flexibility index (Phi) is 34.6. The Labute approximate surface area is 483 Å². The van der Waals surface area contributed by atoms with Crippen molar-refractivity contribution in [3.05, 3.63) is 84.0 Å². The van der Waals surface area contributed by atoms with Gasteiger partial charge in [-0.05, 0) is 128 Å². The van der Waals surface area contributed by atoms with Gasteiger partial charge >= 0.3 is 22.5 Å². The Morgan fingerprint density at radius 2 is 0.987 bits per heavy atom. The van der Waals surface area contributed by atoms with E-state index in [4.69, 9.17) is 58.0 Å². The molecule has 0 spiro atoms. The number of alkyl halides is 2. The maximum absolute atomic E-state index is 12.9. The van der Waals surface area contributed by atoms with Crippen LogP contribution in [0.1, 0.15) is 142 Å². The van der Waals surface area contributed by atoms with Crippen LogP contribution in [0.25, 0.3) is 0 Å². The zero-order chi connectivity index (χ0) is 59.6. The van der Waals surface area contributed by atoms with Crippen molar-refractivity contribution in [3.63, 3.8) is 0 Å². The molecular formula is C59H100Cl2MnO10Si4. The summed E-state index contributed by atoms with van der Waals surface area (Å²) in [6.07, 6.45) is 6.56. The average molecular weight is 1210 g/mol. The van der Waals surface area contributed by atoms with Crippen LogP contribution in [0.15, 0.2) is 61.7 Å². The van der Waals surface area contributed by atoms with Gasteiger partial charge in [0.25, 0.3) is 0 Å². The van der Waals surface area contributed by atoms with E-state index in [1.54, 1.807) is 26.4 Å². The number of carbonyl (C=O) groups excluding carboxylic acids is 1. The second-order valence-electron chi connectivity index (χ2n) is 24.7. The molecule has 0 heterocycles. The minimum atomic E-state index is -1.98. The Balaban J connectivity index is 0. The molecule has 10 nitrogen and oxygen atoms in total. The number of aliphatic hydroxyl groups is 1. The fourth-order valence-corrected chi connectivity index (χ4v) is 11.0. The molecule has 0 radical (unpaired) electrons. The first kappa shape index (κ1) is 75.7. The quantitative estimate of drug-likeness (QED) is 0.0304. The number of aliphatic hydroxyl groups excluding tert-OH is 1. The molecule has 2 aromatic carbocycles. The monoisotopic (exact) mass is 1210 g/mol. The van der Waals surface area contributed by atoms with Gasteiger partial charge in [-0.2, -0.15) is 0 Å². The van der Waals surface area contributed by atoms with Crippen LogP contribution in [0.2, 0.25) is 72.5 Å². The van der Waals surface area contributed by atoms with Crippen molar-refractivity contribution >= 4 is 62.3 Å². The van der Waals surface area contributed by atoms with Crippen LogP contribution in [0, 0.1) is 23.7 Å². The number of carbonyl (C=O) groups is 1. The fourth-order valence-electron chi connectivity index (χ4n) is 6.22. The van der Waals surface area contributed by atoms with E-state index in [1.165, 1.54) is 0 Å². The zero-order valence-corrected chi connectivity index (χ0v) is 57.6. The minimum absolute atomic E-state index is 0.00962. The van der Waals surface area contributed by atoms with Gasteiger partial charge in [-0.1, -0.05) is 125 Å². The van der Waals surface area contributed by atoms with E-state index in [2.05, 4.69) is 172 Å². The summed E-state index contributed by atoms with van der Waals surface area (Å²) in [4.78, 5) is 12.9. The van der Waals surface area contributed by atoms with Crippen LogP contribution in [0.5, 0.6) is 11.5 Å². The molecule has 0 aliphatic rings. The van der Waals surface area contributed by atoms with Crippen molar-refractivity contribution in [2.75, 3.05) is 32.8 Å². The molecule has 0 saturated heterocycles. The Hall–Kier alpha value is -2.32. The first-order valence-corrected chi connectivity index (χ1v) is 39.8. The van der Waals surface area contributed by atoms with Crippen molar-refractivity contribution in [1.29, 1.82) is 0 Å². The molecule has 17 heteroatoms. The number of methoxy groups -OCH3 is 2. The molecule has 0 fully saturated rings. The van der Waals surface area contributed by atoms with E-state index in [9.17, 15) is 9.90 Å². The van der Waals surface area contributed by atoms with Crippen molar-refractivity contribution in [3.8, 4) is 35.2 Å². The number of ketones is 1. The molecule has 3 atom stereocenters. The van der Waals surface area contributed by atoms with E-state index in [-0.39, 0.29) is 43.5 Å². The number of halogens is 2. The first-order chi connectivity index (χ1) is 34.8. The molecule has 1 unspecified atom stereocenters. The van der Waals surface area contributed by atoms with Gasteiger partial charge in [-0.25, -0.2) is 0 Å². The summed E-state index contributed by atoms with van der Waals surface area (Å²) < 4.78 is 54.3. The second kappa shape index (κ2) is 34.7. The van der Waals surface area contributed by atoms with Crippen LogP contribution in [-0.2, 0) is 53.0 Å². The molecule has 0 bridgehead atoms. The molecule has 2 aromatic rings. The summed E-state index contributed by atoms with van der Waals surface area (Å²) in [5, 5.41) is 11.5. The third kappa shape index (κ3) is 26.8. The number of allylic oxidation sites excluding steroid dienone is 2. The van der Waals surface area contributed by atoms with Gasteiger partial charge in [0.1, 0.15) is 17.6 Å². The summed E-state index contributed by atoms with van der Waals surface area (Å²) in [6.45, 7) is 54.0. The van der Waals surface area contributed by atoms with E-state index < -0.39 is 54.2 Å². The number of benzene rings is 2. The number of ether oxygens (including phenoxy) is 2. The molecule has 0 amide bonds. The Morgan fingerprint density at radius 3 is 1.36 bits per heavy atom. The maximum atomic E-state index is 12.9. The van der Waals surface area contributed by atoms with Gasteiger partial charge in [0.2, 0.25) is 5.78 Å². The van der Waals surface area contributed by atoms with Crippen LogP contribution in [0.3, 0.4) is 0 Å². The van der Waals surface area contributed by atoms with Crippen LogP contribution >= 0.6 is 23.2 Å². The standard InChI is InChI=1S/C29H50O4Si2.C29H48O4Si2.CH2Cl2.Mn.2O/c2*1-13-17-25-24(19-16-21-27(25)31-8)26(30)20-15-14-18-23(33-35(11,12)29(5,6)7)22-32-34(9,10)28(2,3)4;2-1-3;;;/h13,16,19,21,23,26,30H,1,14,17-18,22H2,2-12H3;13,16,19,21,23H,1,14,17-18,22H2,2-12H3;1H2;;;/t23-,26?;23-;;;;/m11..../s1. The van der Waals surface area contributed by atoms with Crippen LogP contribution in [0.4, 0.5) is 0 Å². The number of Topliss-reactive ketones (excluding diaryl/α,β-unsaturated/α-hetero) is 1. The van der Waals surface area contributed by atoms with Gasteiger partial charge in [-0.3, -0.25) is 4.79 Å². The Morgan fingerprint density at radius 1 is 0.632 bits per heavy atom. The van der Waals surface area contributed by atoms with Crippen molar-refractivity contribution < 1.29 is 59.6 Å². The van der Waals surface area contributed by atoms with E-state index in [0.29, 0.717) is 50.2 Å². The van der Waals surface area contributed by atoms with E-state index in [1.807, 2.05) is 36.4 Å². The summed E-state index contributed by atoms with van der Waals surface area (Å²) in [5.74, 6) is 13.4. The van der Waals surface area contributed by atoms with Gasteiger partial charge in [0.05, 0.1) is 45.0 Å². The summed E-state index contributed by atoms with van der Waals surface area (Å²) in [7, 11) is -4.47. The predicted molar refractivity (Wildman–Crippen MR) is 325 cm³/mol. The Bertz CT molecular complexity index is 2250. The van der Waals surface area contributed by atoms with Crippen molar-refractivity contribution in [2.45, 2.75) is 212 Å². The first-order valence-electron chi connectivity index (χ1n) is 26.1. The third-order valence-corrected chi connectivity index (χ3v) is 33.1. The van der Waals surface area contributed by atoms with Crippen molar-refractivity contribution in [1.82, 2.24) is 0 Å². The van der Waals surface area contributed by atoms with Crippen LogP contribution < -0.4 is 9.47 Å².